The zero-order valence-electron chi connectivity index (χ0n) is 17.2. The molecule has 31 heavy (non-hydrogen) atoms. The smallest absolute Gasteiger partial charge is 0.319 e. The first-order valence-corrected chi connectivity index (χ1v) is 10.2. The van der Waals surface area contributed by atoms with E-state index in [9.17, 15) is 9.59 Å². The fraction of sp³-hybridized carbons (Fsp3) is 0.409. The van der Waals surface area contributed by atoms with Gasteiger partial charge in [-0.05, 0) is 73.2 Å². The molecule has 1 unspecified atom stereocenters. The van der Waals surface area contributed by atoms with Crippen molar-refractivity contribution < 1.29 is 9.59 Å². The lowest BCUT2D eigenvalue weighted by Crippen LogP contribution is -2.33. The number of carbonyl (C=O) groups is 2. The SMILES string of the molecule is Cl.Cl.O=C(NCc1ccncc1)Nc1cccc(CNC(=O)C2CC23CCNCC3)c1. The molecule has 2 aliphatic rings. The highest BCUT2D eigenvalue weighted by Gasteiger charge is 2.57. The molecule has 1 atom stereocenters. The molecule has 168 valence electrons. The van der Waals surface area contributed by atoms with E-state index in [2.05, 4.69) is 26.3 Å². The van der Waals surface area contributed by atoms with Crippen molar-refractivity contribution in [2.24, 2.45) is 11.3 Å². The first-order valence-electron chi connectivity index (χ1n) is 10.2. The lowest BCUT2D eigenvalue weighted by atomic mass is 9.92. The summed E-state index contributed by atoms with van der Waals surface area (Å²) in [6.45, 7) is 2.93. The number of hydrogen-bond acceptors (Lipinski definition) is 4. The lowest BCUT2D eigenvalue weighted by Gasteiger charge is -2.23. The highest BCUT2D eigenvalue weighted by atomic mass is 35.5. The van der Waals surface area contributed by atoms with Crippen LogP contribution in [0.15, 0.2) is 48.8 Å². The van der Waals surface area contributed by atoms with Crippen LogP contribution in [0.3, 0.4) is 0 Å². The maximum Gasteiger partial charge on any atom is 0.319 e. The van der Waals surface area contributed by atoms with Crippen molar-refractivity contribution in [2.75, 3.05) is 18.4 Å². The molecule has 1 spiro atoms. The molecule has 4 N–H and O–H groups in total. The minimum Gasteiger partial charge on any atom is -0.352 e. The molecule has 0 radical (unpaired) electrons. The number of pyridine rings is 1. The van der Waals surface area contributed by atoms with Gasteiger partial charge in [0.05, 0.1) is 0 Å². The van der Waals surface area contributed by atoms with Crippen LogP contribution in [0.4, 0.5) is 10.5 Å². The van der Waals surface area contributed by atoms with Crippen LogP contribution in [-0.4, -0.2) is 30.0 Å². The number of nitrogens with one attached hydrogen (secondary N) is 4. The normalized spacial score (nSPS) is 18.1. The van der Waals surface area contributed by atoms with E-state index in [4.69, 9.17) is 0 Å². The number of piperidine rings is 1. The largest absolute Gasteiger partial charge is 0.352 e. The van der Waals surface area contributed by atoms with E-state index in [1.54, 1.807) is 12.4 Å². The number of amides is 3. The summed E-state index contributed by atoms with van der Waals surface area (Å²) in [5, 5.41) is 12.1. The zero-order valence-corrected chi connectivity index (χ0v) is 18.9. The topological polar surface area (TPSA) is 95.2 Å². The molecular formula is C22H29Cl2N5O2. The van der Waals surface area contributed by atoms with Gasteiger partial charge in [-0.25, -0.2) is 4.79 Å². The van der Waals surface area contributed by atoms with Crippen LogP contribution >= 0.6 is 24.8 Å². The van der Waals surface area contributed by atoms with Crippen molar-refractivity contribution in [2.45, 2.75) is 32.4 Å². The van der Waals surface area contributed by atoms with Crippen LogP contribution < -0.4 is 21.3 Å². The van der Waals surface area contributed by atoms with Crippen molar-refractivity contribution in [1.82, 2.24) is 20.9 Å². The molecule has 0 bridgehead atoms. The Morgan fingerprint density at radius 1 is 1.00 bits per heavy atom. The Hall–Kier alpha value is -2.35. The molecule has 9 heteroatoms. The number of rotatable bonds is 6. The fourth-order valence-corrected chi connectivity index (χ4v) is 4.13. The van der Waals surface area contributed by atoms with Crippen molar-refractivity contribution >= 4 is 42.4 Å². The van der Waals surface area contributed by atoms with Gasteiger partial charge in [0.1, 0.15) is 0 Å². The second-order valence-corrected chi connectivity index (χ2v) is 7.95. The van der Waals surface area contributed by atoms with Crippen LogP contribution in [0, 0.1) is 11.3 Å². The number of anilines is 1. The summed E-state index contributed by atoms with van der Waals surface area (Å²) >= 11 is 0. The average Bonchev–Trinajstić information content (AvgIpc) is 3.45. The fourth-order valence-electron chi connectivity index (χ4n) is 4.13. The molecule has 1 saturated carbocycles. The predicted molar refractivity (Wildman–Crippen MR) is 126 cm³/mol. The molecule has 1 aromatic heterocycles. The van der Waals surface area contributed by atoms with Crippen LogP contribution in [-0.2, 0) is 17.9 Å². The number of urea groups is 1. The van der Waals surface area contributed by atoms with Crippen molar-refractivity contribution in [3.63, 3.8) is 0 Å². The summed E-state index contributed by atoms with van der Waals surface area (Å²) in [5.41, 5.74) is 2.89. The van der Waals surface area contributed by atoms with Gasteiger partial charge in [0, 0.05) is 37.1 Å². The van der Waals surface area contributed by atoms with E-state index in [0.717, 1.165) is 43.5 Å². The van der Waals surface area contributed by atoms with Crippen molar-refractivity contribution in [1.29, 1.82) is 0 Å². The highest BCUT2D eigenvalue weighted by molar-refractivity contribution is 5.89. The summed E-state index contributed by atoms with van der Waals surface area (Å²) in [4.78, 5) is 28.6. The Labute approximate surface area is 195 Å². The van der Waals surface area contributed by atoms with E-state index < -0.39 is 0 Å². The second kappa shape index (κ2) is 11.3. The minimum atomic E-state index is -0.270. The number of benzene rings is 1. The molecule has 2 fully saturated rings. The predicted octanol–water partition coefficient (Wildman–Crippen LogP) is 3.25. The number of nitrogens with zero attached hydrogens (tertiary/aromatic N) is 1. The quantitative estimate of drug-likeness (QED) is 0.526. The maximum absolute atomic E-state index is 12.5. The molecule has 1 aliphatic heterocycles. The molecule has 1 saturated heterocycles. The molecule has 3 amide bonds. The number of halogens is 2. The van der Waals surface area contributed by atoms with E-state index in [1.807, 2.05) is 36.4 Å². The van der Waals surface area contributed by atoms with Crippen LogP contribution in [0.2, 0.25) is 0 Å². The maximum atomic E-state index is 12.5. The van der Waals surface area contributed by atoms with Gasteiger partial charge in [0.2, 0.25) is 5.91 Å². The molecule has 4 rings (SSSR count). The lowest BCUT2D eigenvalue weighted by molar-refractivity contribution is -0.123. The third-order valence-corrected chi connectivity index (χ3v) is 5.96. The van der Waals surface area contributed by atoms with Crippen LogP contribution in [0.25, 0.3) is 0 Å². The Morgan fingerprint density at radius 3 is 2.45 bits per heavy atom. The molecule has 7 nitrogen and oxygen atoms in total. The van der Waals surface area contributed by atoms with Gasteiger partial charge >= 0.3 is 6.03 Å². The molecular weight excluding hydrogens is 437 g/mol. The first-order chi connectivity index (χ1) is 14.1. The van der Waals surface area contributed by atoms with Crippen LogP contribution in [0.1, 0.15) is 30.4 Å². The zero-order chi connectivity index (χ0) is 20.1. The Morgan fingerprint density at radius 2 is 1.71 bits per heavy atom. The van der Waals surface area contributed by atoms with Gasteiger partial charge in [0.25, 0.3) is 0 Å². The highest BCUT2D eigenvalue weighted by Crippen LogP contribution is 2.58. The standard InChI is InChI=1S/C22H27N5O2.2ClH/c28-20(19-13-22(19)6-10-24-11-7-22)25-15-17-2-1-3-18(12-17)27-21(29)26-14-16-4-8-23-9-5-16;;/h1-5,8-9,12,19,24H,6-7,10-11,13-15H2,(H,25,28)(H2,26,27,29);2*1H. The summed E-state index contributed by atoms with van der Waals surface area (Å²) < 4.78 is 0. The Kier molecular flexibility index (Phi) is 9.10. The van der Waals surface area contributed by atoms with Crippen molar-refractivity contribution in [3.8, 4) is 0 Å². The van der Waals surface area contributed by atoms with Gasteiger partial charge in [-0.2, -0.15) is 0 Å². The Balaban J connectivity index is 0.00000171. The molecule has 2 heterocycles. The van der Waals surface area contributed by atoms with E-state index in [-0.39, 0.29) is 48.1 Å². The third kappa shape index (κ3) is 6.56. The summed E-state index contributed by atoms with van der Waals surface area (Å²) in [7, 11) is 0. The minimum absolute atomic E-state index is 0. The summed E-state index contributed by atoms with van der Waals surface area (Å²) in [6, 6.07) is 11.0. The van der Waals surface area contributed by atoms with E-state index in [0.29, 0.717) is 18.8 Å². The number of hydrogen-bond donors (Lipinski definition) is 4. The van der Waals surface area contributed by atoms with Crippen molar-refractivity contribution in [3.05, 3.63) is 59.9 Å². The number of aromatic nitrogens is 1. The molecule has 1 aromatic carbocycles. The molecule has 1 aliphatic carbocycles. The first kappa shape index (κ1) is 24.9. The Bertz CT molecular complexity index is 875. The van der Waals surface area contributed by atoms with Gasteiger partial charge in [-0.15, -0.1) is 24.8 Å². The molecule has 2 aromatic rings. The number of carbonyl (C=O) groups excluding carboxylic acids is 2. The van der Waals surface area contributed by atoms with E-state index in [1.165, 1.54) is 0 Å². The second-order valence-electron chi connectivity index (χ2n) is 7.95. The average molecular weight is 466 g/mol. The van der Waals surface area contributed by atoms with Crippen LogP contribution in [0.5, 0.6) is 0 Å². The van der Waals surface area contributed by atoms with Gasteiger partial charge in [-0.1, -0.05) is 12.1 Å². The van der Waals surface area contributed by atoms with Gasteiger partial charge in [-0.3, -0.25) is 9.78 Å². The van der Waals surface area contributed by atoms with Gasteiger partial charge < -0.3 is 21.3 Å². The summed E-state index contributed by atoms with van der Waals surface area (Å²) in [6.07, 6.45) is 6.60. The monoisotopic (exact) mass is 465 g/mol. The third-order valence-electron chi connectivity index (χ3n) is 5.96. The van der Waals surface area contributed by atoms with E-state index >= 15 is 0 Å². The summed E-state index contributed by atoms with van der Waals surface area (Å²) in [5.74, 6) is 0.310. The van der Waals surface area contributed by atoms with Gasteiger partial charge in [0.15, 0.2) is 0 Å².